The van der Waals surface area contributed by atoms with Crippen LogP contribution in [0.2, 0.25) is 0 Å². The summed E-state index contributed by atoms with van der Waals surface area (Å²) in [5.41, 5.74) is 1.03. The van der Waals surface area contributed by atoms with Crippen LogP contribution in [0.25, 0.3) is 16.9 Å². The zero-order valence-electron chi connectivity index (χ0n) is 22.9. The molecule has 1 N–H and O–H groups in total. The number of carbonyl (C=O) groups is 2. The maximum Gasteiger partial charge on any atom is 0.435 e. The van der Waals surface area contributed by atoms with Gasteiger partial charge in [0, 0.05) is 31.2 Å². The minimum Gasteiger partial charge on any atom is -0.484 e. The Kier molecular flexibility index (Phi) is 6.87. The molecule has 220 valence electrons. The van der Waals surface area contributed by atoms with Crippen LogP contribution in [0.4, 0.5) is 18.9 Å². The number of rotatable bonds is 6. The molecule has 3 heterocycles. The van der Waals surface area contributed by atoms with Gasteiger partial charge < -0.3 is 19.2 Å². The molecular weight excluding hydrogens is 567 g/mol. The van der Waals surface area contributed by atoms with Crippen molar-refractivity contribution in [3.05, 3.63) is 94.8 Å². The second-order valence-electron chi connectivity index (χ2n) is 10.1. The van der Waals surface area contributed by atoms with Crippen LogP contribution in [0, 0.1) is 6.92 Å². The van der Waals surface area contributed by atoms with Gasteiger partial charge in [0.1, 0.15) is 11.9 Å². The summed E-state index contributed by atoms with van der Waals surface area (Å²) in [5, 5.41) is 13.2. The molecule has 0 saturated heterocycles. The molecular formula is C30H24F3N5O5. The van der Waals surface area contributed by atoms with Gasteiger partial charge in [-0.2, -0.15) is 23.3 Å². The molecule has 13 heteroatoms. The molecule has 1 aliphatic rings. The monoisotopic (exact) mass is 591 g/mol. The van der Waals surface area contributed by atoms with Gasteiger partial charge in [0.25, 0.3) is 5.91 Å². The molecule has 1 unspecified atom stereocenters. The van der Waals surface area contributed by atoms with Crippen molar-refractivity contribution >= 4 is 28.8 Å². The van der Waals surface area contributed by atoms with Crippen LogP contribution in [-0.4, -0.2) is 43.8 Å². The topological polar surface area (TPSA) is 124 Å². The minimum atomic E-state index is -4.71. The van der Waals surface area contributed by atoms with Gasteiger partial charge in [0.15, 0.2) is 22.8 Å². The van der Waals surface area contributed by atoms with Gasteiger partial charge in [-0.05, 0) is 61.7 Å². The number of aryl methyl sites for hydroxylation is 1. The van der Waals surface area contributed by atoms with Crippen molar-refractivity contribution in [2.75, 3.05) is 11.9 Å². The van der Waals surface area contributed by atoms with Gasteiger partial charge in [-0.25, -0.2) is 14.5 Å². The second kappa shape index (κ2) is 10.6. The largest absolute Gasteiger partial charge is 0.484 e. The van der Waals surface area contributed by atoms with Crippen LogP contribution < -0.4 is 9.64 Å². The van der Waals surface area contributed by atoms with Crippen molar-refractivity contribution in [1.29, 1.82) is 0 Å². The van der Waals surface area contributed by atoms with Gasteiger partial charge >= 0.3 is 12.1 Å². The first kappa shape index (κ1) is 27.9. The van der Waals surface area contributed by atoms with E-state index in [1.54, 1.807) is 38.2 Å². The van der Waals surface area contributed by atoms with Crippen LogP contribution in [0.1, 0.15) is 62.5 Å². The third kappa shape index (κ3) is 5.29. The predicted octanol–water partition coefficient (Wildman–Crippen LogP) is 6.17. The Morgan fingerprint density at radius 1 is 1.12 bits per heavy atom. The van der Waals surface area contributed by atoms with Crippen LogP contribution >= 0.6 is 0 Å². The fourth-order valence-electron chi connectivity index (χ4n) is 5.20. The minimum absolute atomic E-state index is 0.0291. The van der Waals surface area contributed by atoms with E-state index in [9.17, 15) is 27.9 Å². The Balaban J connectivity index is 1.37. The summed E-state index contributed by atoms with van der Waals surface area (Å²) in [7, 11) is 1.55. The normalized spacial score (nSPS) is 14.9. The average molecular weight is 592 g/mol. The number of aromatic carboxylic acids is 1. The molecule has 3 aromatic heterocycles. The van der Waals surface area contributed by atoms with Gasteiger partial charge in [0.05, 0.1) is 28.8 Å². The van der Waals surface area contributed by atoms with Crippen LogP contribution in [0.3, 0.4) is 0 Å². The first-order chi connectivity index (χ1) is 20.5. The molecule has 43 heavy (non-hydrogen) atoms. The Labute approximate surface area is 242 Å². The molecule has 0 fully saturated rings. The number of fused-ring (bicyclic) bond motifs is 2. The zero-order chi connectivity index (χ0) is 30.5. The maximum atomic E-state index is 14.1. The molecule has 0 saturated carbocycles. The number of hydrogen-bond donors (Lipinski definition) is 1. The van der Waals surface area contributed by atoms with Gasteiger partial charge in [-0.1, -0.05) is 6.07 Å². The highest BCUT2D eigenvalue weighted by molar-refractivity contribution is 6.06. The van der Waals surface area contributed by atoms with Crippen LogP contribution in [0.5, 0.6) is 5.75 Å². The van der Waals surface area contributed by atoms with E-state index in [4.69, 9.17) is 9.15 Å². The number of anilines is 1. The SMILES string of the molecule is Cc1nc2ncc(N(C)C(=O)c3cccc(-n4nc(C(F)(F)F)c5c4C(Oc4ccc(C(=O)O)cc4)CCC5)c3)cc2o1. The predicted molar refractivity (Wildman–Crippen MR) is 148 cm³/mol. The molecule has 6 rings (SSSR count). The van der Waals surface area contributed by atoms with Crippen molar-refractivity contribution in [3.8, 4) is 11.4 Å². The number of amides is 1. The maximum absolute atomic E-state index is 14.1. The number of halogens is 3. The number of carboxylic acid groups (broad SMARTS) is 1. The molecule has 10 nitrogen and oxygen atoms in total. The first-order valence-corrected chi connectivity index (χ1v) is 13.3. The van der Waals surface area contributed by atoms with Crippen molar-refractivity contribution in [3.63, 3.8) is 0 Å². The summed E-state index contributed by atoms with van der Waals surface area (Å²) in [4.78, 5) is 34.4. The van der Waals surface area contributed by atoms with Gasteiger partial charge in [-0.15, -0.1) is 0 Å². The van der Waals surface area contributed by atoms with Crippen molar-refractivity contribution < 1.29 is 37.0 Å². The number of pyridine rings is 1. The number of benzene rings is 2. The molecule has 1 aliphatic carbocycles. The van der Waals surface area contributed by atoms with Gasteiger partial charge in [-0.3, -0.25) is 4.79 Å². The van der Waals surface area contributed by atoms with E-state index in [1.807, 2.05) is 0 Å². The van der Waals surface area contributed by atoms with Crippen molar-refractivity contribution in [2.24, 2.45) is 0 Å². The zero-order valence-corrected chi connectivity index (χ0v) is 22.9. The number of aromatic nitrogens is 4. The molecule has 1 atom stereocenters. The lowest BCUT2D eigenvalue weighted by atomic mass is 9.92. The van der Waals surface area contributed by atoms with E-state index in [-0.39, 0.29) is 34.5 Å². The third-order valence-corrected chi connectivity index (χ3v) is 7.24. The molecule has 0 bridgehead atoms. The number of alkyl halides is 3. The lowest BCUT2D eigenvalue weighted by Crippen LogP contribution is -2.26. The number of carboxylic acids is 1. The van der Waals surface area contributed by atoms with E-state index in [0.717, 1.165) is 0 Å². The second-order valence-corrected chi connectivity index (χ2v) is 10.1. The molecule has 2 aromatic carbocycles. The van der Waals surface area contributed by atoms with Crippen LogP contribution in [-0.2, 0) is 12.6 Å². The number of nitrogens with zero attached hydrogens (tertiary/aromatic N) is 5. The highest BCUT2D eigenvalue weighted by Gasteiger charge is 2.42. The quantitative estimate of drug-likeness (QED) is 0.249. The Bertz CT molecular complexity index is 1860. The van der Waals surface area contributed by atoms with E-state index in [2.05, 4.69) is 15.1 Å². The van der Waals surface area contributed by atoms with Crippen LogP contribution in [0.15, 0.2) is 65.2 Å². The molecule has 1 amide bonds. The summed E-state index contributed by atoms with van der Waals surface area (Å²) in [6, 6.07) is 13.5. The molecule has 5 aromatic rings. The third-order valence-electron chi connectivity index (χ3n) is 7.24. The highest BCUT2D eigenvalue weighted by atomic mass is 19.4. The van der Waals surface area contributed by atoms with E-state index in [0.29, 0.717) is 41.4 Å². The van der Waals surface area contributed by atoms with Crippen molar-refractivity contribution in [2.45, 2.75) is 38.5 Å². The number of oxazole rings is 1. The number of hydrogen-bond acceptors (Lipinski definition) is 7. The summed E-state index contributed by atoms with van der Waals surface area (Å²) >= 11 is 0. The van der Waals surface area contributed by atoms with Gasteiger partial charge in [0.2, 0.25) is 0 Å². The molecule has 0 spiro atoms. The molecule has 0 radical (unpaired) electrons. The summed E-state index contributed by atoms with van der Waals surface area (Å²) in [5.74, 6) is -0.795. The lowest BCUT2D eigenvalue weighted by Gasteiger charge is -2.26. The Morgan fingerprint density at radius 2 is 1.88 bits per heavy atom. The smallest absolute Gasteiger partial charge is 0.435 e. The van der Waals surface area contributed by atoms with E-state index in [1.165, 1.54) is 46.1 Å². The molecule has 0 aliphatic heterocycles. The Hall–Kier alpha value is -5.20. The standard InChI is InChI=1S/C30H24F3N5O5/c1-16-35-27-24(42-16)14-20(15-34-27)37(2)28(39)18-5-3-6-19(13-18)38-25-22(26(36-38)30(31,32)33)7-4-8-23(25)43-21-11-9-17(10-12-21)29(40)41/h3,5-6,9-15,23H,4,7-8H2,1-2H3,(H,40,41). The summed E-state index contributed by atoms with van der Waals surface area (Å²) < 4.78 is 55.2. The van der Waals surface area contributed by atoms with E-state index < -0.39 is 29.9 Å². The number of ether oxygens (including phenoxy) is 1. The fraction of sp³-hybridized carbons (Fsp3) is 0.233. The van der Waals surface area contributed by atoms with Crippen molar-refractivity contribution in [1.82, 2.24) is 19.7 Å². The first-order valence-electron chi connectivity index (χ1n) is 13.3. The average Bonchev–Trinajstić information content (AvgIpc) is 3.57. The Morgan fingerprint density at radius 3 is 2.60 bits per heavy atom. The fourth-order valence-corrected chi connectivity index (χ4v) is 5.20. The number of carbonyl (C=O) groups excluding carboxylic acids is 1. The lowest BCUT2D eigenvalue weighted by molar-refractivity contribution is -0.142. The summed E-state index contributed by atoms with van der Waals surface area (Å²) in [6.45, 7) is 1.69. The van der Waals surface area contributed by atoms with E-state index >= 15 is 0 Å². The highest BCUT2D eigenvalue weighted by Crippen LogP contribution is 2.42. The summed E-state index contributed by atoms with van der Waals surface area (Å²) in [6.07, 6.45) is -3.02.